The molecule has 4 nitrogen and oxygen atoms in total. The van der Waals surface area contributed by atoms with E-state index in [1.807, 2.05) is 31.2 Å². The highest BCUT2D eigenvalue weighted by atomic mass is 16.5. The first-order valence-electron chi connectivity index (χ1n) is 5.91. The molecule has 0 fully saturated rings. The summed E-state index contributed by atoms with van der Waals surface area (Å²) in [6.07, 6.45) is 0.918. The Bertz CT molecular complexity index is 507. The van der Waals surface area contributed by atoms with Crippen molar-refractivity contribution in [3.05, 3.63) is 35.4 Å². The van der Waals surface area contributed by atoms with Gasteiger partial charge in [-0.2, -0.15) is 5.26 Å². The van der Waals surface area contributed by atoms with Gasteiger partial charge in [0.1, 0.15) is 5.54 Å². The number of hydrogen-bond donors (Lipinski definition) is 1. The van der Waals surface area contributed by atoms with E-state index in [1.54, 1.807) is 0 Å². The van der Waals surface area contributed by atoms with E-state index >= 15 is 0 Å². The third-order valence-electron chi connectivity index (χ3n) is 3.40. The van der Waals surface area contributed by atoms with E-state index in [2.05, 4.69) is 11.4 Å². The number of carbonyl (C=O) groups excluding carboxylic acids is 1. The van der Waals surface area contributed by atoms with Gasteiger partial charge in [-0.3, -0.25) is 10.1 Å². The molecular formula is C14H16N2O2. The van der Waals surface area contributed by atoms with Gasteiger partial charge < -0.3 is 4.74 Å². The van der Waals surface area contributed by atoms with Crippen LogP contribution in [0.4, 0.5) is 0 Å². The molecule has 4 heteroatoms. The molecule has 0 aromatic heterocycles. The van der Waals surface area contributed by atoms with Crippen LogP contribution >= 0.6 is 0 Å². The van der Waals surface area contributed by atoms with Crippen LogP contribution in [0.3, 0.4) is 0 Å². The van der Waals surface area contributed by atoms with Crippen LogP contribution in [0.5, 0.6) is 0 Å². The van der Waals surface area contributed by atoms with Gasteiger partial charge in [0, 0.05) is 12.5 Å². The monoisotopic (exact) mass is 244 g/mol. The van der Waals surface area contributed by atoms with Crippen molar-refractivity contribution in [2.45, 2.75) is 31.3 Å². The molecule has 18 heavy (non-hydrogen) atoms. The van der Waals surface area contributed by atoms with Gasteiger partial charge >= 0.3 is 5.97 Å². The lowest BCUT2D eigenvalue weighted by Crippen LogP contribution is -2.55. The summed E-state index contributed by atoms with van der Waals surface area (Å²) in [5, 5.41) is 12.1. The smallest absolute Gasteiger partial charge is 0.326 e. The Morgan fingerprint density at radius 1 is 1.61 bits per heavy atom. The quantitative estimate of drug-likeness (QED) is 0.805. The molecule has 1 N–H and O–H groups in total. The van der Waals surface area contributed by atoms with Gasteiger partial charge in [0.15, 0.2) is 0 Å². The standard InChI is InChI=1S/C14H16N2O2/c1-14(13(17)18-2)9-10-5-3-4-6-11(10)12(16-14)7-8-15/h3-6,12,16H,7,9H2,1-2H3. The van der Waals surface area contributed by atoms with Crippen LogP contribution in [0.1, 0.15) is 30.5 Å². The van der Waals surface area contributed by atoms with Crippen LogP contribution in [0.15, 0.2) is 24.3 Å². The number of esters is 1. The molecule has 1 aromatic rings. The van der Waals surface area contributed by atoms with E-state index in [-0.39, 0.29) is 12.0 Å². The fourth-order valence-corrected chi connectivity index (χ4v) is 2.54. The minimum absolute atomic E-state index is 0.121. The molecule has 2 unspecified atom stereocenters. The molecule has 0 aliphatic carbocycles. The topological polar surface area (TPSA) is 62.1 Å². The predicted octanol–water partition coefficient (Wildman–Crippen LogP) is 1.72. The van der Waals surface area contributed by atoms with Crippen LogP contribution in [0, 0.1) is 11.3 Å². The second-order valence-corrected chi connectivity index (χ2v) is 4.76. The summed E-state index contributed by atoms with van der Waals surface area (Å²) in [6.45, 7) is 1.82. The number of nitrogens with one attached hydrogen (secondary N) is 1. The highest BCUT2D eigenvalue weighted by Gasteiger charge is 2.41. The fourth-order valence-electron chi connectivity index (χ4n) is 2.54. The zero-order chi connectivity index (χ0) is 13.2. The minimum atomic E-state index is -0.759. The molecule has 1 aliphatic heterocycles. The van der Waals surface area contributed by atoms with Gasteiger partial charge in [0.2, 0.25) is 0 Å². The number of benzene rings is 1. The van der Waals surface area contributed by atoms with Crippen molar-refractivity contribution >= 4 is 5.97 Å². The SMILES string of the molecule is COC(=O)C1(C)Cc2ccccc2C(CC#N)N1. The number of fused-ring (bicyclic) bond motifs is 1. The zero-order valence-corrected chi connectivity index (χ0v) is 10.6. The normalized spacial score (nSPS) is 25.9. The van der Waals surface area contributed by atoms with E-state index in [0.717, 1.165) is 11.1 Å². The molecule has 0 saturated heterocycles. The Labute approximate surface area is 107 Å². The fraction of sp³-hybridized carbons (Fsp3) is 0.429. The summed E-state index contributed by atoms with van der Waals surface area (Å²) >= 11 is 0. The molecule has 94 valence electrons. The third kappa shape index (κ3) is 2.09. The molecule has 1 aromatic carbocycles. The van der Waals surface area contributed by atoms with E-state index in [9.17, 15) is 4.79 Å². The Balaban J connectivity index is 2.40. The number of hydrogen-bond acceptors (Lipinski definition) is 4. The second-order valence-electron chi connectivity index (χ2n) is 4.76. The Kier molecular flexibility index (Phi) is 3.35. The van der Waals surface area contributed by atoms with Crippen LogP contribution in [-0.2, 0) is 16.0 Å². The van der Waals surface area contributed by atoms with Crippen molar-refractivity contribution in [2.75, 3.05) is 7.11 Å². The lowest BCUT2D eigenvalue weighted by atomic mass is 9.82. The van der Waals surface area contributed by atoms with Crippen molar-refractivity contribution in [3.63, 3.8) is 0 Å². The van der Waals surface area contributed by atoms with Crippen molar-refractivity contribution in [1.29, 1.82) is 5.26 Å². The number of carbonyl (C=O) groups is 1. The molecule has 0 spiro atoms. The lowest BCUT2D eigenvalue weighted by Gasteiger charge is -2.38. The van der Waals surface area contributed by atoms with E-state index in [1.165, 1.54) is 7.11 Å². The number of nitriles is 1. The average Bonchev–Trinajstić information content (AvgIpc) is 2.38. The third-order valence-corrected chi connectivity index (χ3v) is 3.40. The molecule has 0 saturated carbocycles. The largest absolute Gasteiger partial charge is 0.468 e. The maximum Gasteiger partial charge on any atom is 0.326 e. The van der Waals surface area contributed by atoms with Crippen LogP contribution < -0.4 is 5.32 Å². The molecule has 0 bridgehead atoms. The van der Waals surface area contributed by atoms with E-state index in [4.69, 9.17) is 10.00 Å². The highest BCUT2D eigenvalue weighted by Crippen LogP contribution is 2.32. The molecule has 1 aliphatic rings. The first kappa shape index (κ1) is 12.6. The summed E-state index contributed by atoms with van der Waals surface area (Å²) < 4.78 is 4.85. The summed E-state index contributed by atoms with van der Waals surface area (Å²) in [5.41, 5.74) is 1.44. The van der Waals surface area contributed by atoms with Gasteiger partial charge in [-0.15, -0.1) is 0 Å². The van der Waals surface area contributed by atoms with E-state index in [0.29, 0.717) is 12.8 Å². The first-order chi connectivity index (χ1) is 8.60. The Morgan fingerprint density at radius 3 is 3.00 bits per heavy atom. The van der Waals surface area contributed by atoms with Crippen LogP contribution in [0.2, 0.25) is 0 Å². The van der Waals surface area contributed by atoms with Gasteiger partial charge in [-0.1, -0.05) is 24.3 Å². The maximum absolute atomic E-state index is 11.9. The molecule has 0 amide bonds. The van der Waals surface area contributed by atoms with Crippen molar-refractivity contribution < 1.29 is 9.53 Å². The van der Waals surface area contributed by atoms with Gasteiger partial charge in [0.05, 0.1) is 19.6 Å². The van der Waals surface area contributed by atoms with Crippen LogP contribution in [0.25, 0.3) is 0 Å². The summed E-state index contributed by atoms with van der Waals surface area (Å²) in [6, 6.07) is 9.94. The predicted molar refractivity (Wildman–Crippen MR) is 66.7 cm³/mol. The number of methoxy groups -OCH3 is 1. The Hall–Kier alpha value is -1.86. The van der Waals surface area contributed by atoms with Crippen molar-refractivity contribution in [1.82, 2.24) is 5.32 Å². The Morgan fingerprint density at radius 2 is 2.33 bits per heavy atom. The summed E-state index contributed by atoms with van der Waals surface area (Å²) in [5.74, 6) is -0.292. The number of rotatable bonds is 2. The second kappa shape index (κ2) is 4.79. The maximum atomic E-state index is 11.9. The molecule has 0 radical (unpaired) electrons. The van der Waals surface area contributed by atoms with Crippen molar-refractivity contribution in [3.8, 4) is 6.07 Å². The molecule has 2 atom stereocenters. The number of nitrogens with zero attached hydrogens (tertiary/aromatic N) is 1. The van der Waals surface area contributed by atoms with Crippen LogP contribution in [-0.4, -0.2) is 18.6 Å². The lowest BCUT2D eigenvalue weighted by molar-refractivity contribution is -0.148. The summed E-state index contributed by atoms with van der Waals surface area (Å²) in [4.78, 5) is 11.9. The van der Waals surface area contributed by atoms with Gasteiger partial charge in [0.25, 0.3) is 0 Å². The first-order valence-corrected chi connectivity index (χ1v) is 5.91. The van der Waals surface area contributed by atoms with Gasteiger partial charge in [-0.25, -0.2) is 0 Å². The highest BCUT2D eigenvalue weighted by molar-refractivity contribution is 5.81. The van der Waals surface area contributed by atoms with Gasteiger partial charge in [-0.05, 0) is 18.1 Å². The average molecular weight is 244 g/mol. The molecule has 1 heterocycles. The molecular weight excluding hydrogens is 228 g/mol. The van der Waals surface area contributed by atoms with Crippen molar-refractivity contribution in [2.24, 2.45) is 0 Å². The summed E-state index contributed by atoms with van der Waals surface area (Å²) in [7, 11) is 1.38. The van der Waals surface area contributed by atoms with E-state index < -0.39 is 5.54 Å². The number of ether oxygens (including phenoxy) is 1. The molecule has 2 rings (SSSR count). The minimum Gasteiger partial charge on any atom is -0.468 e. The zero-order valence-electron chi connectivity index (χ0n) is 10.6.